The molecular formula is C8H14F3NO2. The van der Waals surface area contributed by atoms with Crippen molar-refractivity contribution in [3.05, 3.63) is 0 Å². The summed E-state index contributed by atoms with van der Waals surface area (Å²) in [6, 6.07) is -0.129. The predicted octanol–water partition coefficient (Wildman–Crippen LogP) is 2.46. The van der Waals surface area contributed by atoms with E-state index >= 15 is 0 Å². The van der Waals surface area contributed by atoms with E-state index < -0.39 is 18.9 Å². The number of carbonyl (C=O) groups excluding carboxylic acids is 1. The second kappa shape index (κ2) is 5.72. The van der Waals surface area contributed by atoms with E-state index in [1.165, 1.54) is 0 Å². The number of rotatable bonds is 4. The van der Waals surface area contributed by atoms with Crippen LogP contribution < -0.4 is 5.32 Å². The van der Waals surface area contributed by atoms with Crippen LogP contribution in [0.4, 0.5) is 18.0 Å². The third-order valence-corrected chi connectivity index (χ3v) is 1.67. The van der Waals surface area contributed by atoms with E-state index in [1.54, 1.807) is 0 Å². The summed E-state index contributed by atoms with van der Waals surface area (Å²) in [5.74, 6) is 0. The minimum absolute atomic E-state index is 0.129. The van der Waals surface area contributed by atoms with Crippen LogP contribution in [0.1, 0.15) is 26.7 Å². The fourth-order valence-electron chi connectivity index (χ4n) is 0.849. The van der Waals surface area contributed by atoms with Gasteiger partial charge in [-0.1, -0.05) is 13.8 Å². The van der Waals surface area contributed by atoms with Crippen molar-refractivity contribution in [1.29, 1.82) is 0 Å². The van der Waals surface area contributed by atoms with Gasteiger partial charge in [0.25, 0.3) is 0 Å². The van der Waals surface area contributed by atoms with Crippen LogP contribution in [-0.4, -0.2) is 24.9 Å². The highest BCUT2D eigenvalue weighted by Gasteiger charge is 2.29. The van der Waals surface area contributed by atoms with E-state index in [9.17, 15) is 18.0 Å². The second-order valence-electron chi connectivity index (χ2n) is 2.85. The largest absolute Gasteiger partial charge is 0.440 e. The number of carbonyl (C=O) groups is 1. The Morgan fingerprint density at radius 1 is 1.36 bits per heavy atom. The molecule has 0 aliphatic heterocycles. The third kappa shape index (κ3) is 6.56. The van der Waals surface area contributed by atoms with Crippen molar-refractivity contribution in [1.82, 2.24) is 5.32 Å². The highest BCUT2D eigenvalue weighted by atomic mass is 19.4. The smallest absolute Gasteiger partial charge is 0.422 e. The van der Waals surface area contributed by atoms with Crippen LogP contribution in [0, 0.1) is 0 Å². The van der Waals surface area contributed by atoms with E-state index in [0.717, 1.165) is 0 Å². The Hall–Kier alpha value is -0.940. The molecule has 0 aliphatic rings. The molecule has 0 spiro atoms. The lowest BCUT2D eigenvalue weighted by atomic mass is 10.2. The van der Waals surface area contributed by atoms with Crippen molar-refractivity contribution in [2.45, 2.75) is 38.9 Å². The maximum absolute atomic E-state index is 11.6. The van der Waals surface area contributed by atoms with Gasteiger partial charge in [0.15, 0.2) is 6.61 Å². The lowest BCUT2D eigenvalue weighted by Crippen LogP contribution is -2.36. The summed E-state index contributed by atoms with van der Waals surface area (Å²) < 4.78 is 38.8. The molecule has 0 aromatic carbocycles. The van der Waals surface area contributed by atoms with Gasteiger partial charge in [-0.05, 0) is 12.8 Å². The van der Waals surface area contributed by atoms with Gasteiger partial charge >= 0.3 is 12.3 Å². The molecule has 84 valence electrons. The molecular weight excluding hydrogens is 199 g/mol. The van der Waals surface area contributed by atoms with Gasteiger partial charge in [0.1, 0.15) is 0 Å². The van der Waals surface area contributed by atoms with Gasteiger partial charge in [0.2, 0.25) is 0 Å². The monoisotopic (exact) mass is 213 g/mol. The van der Waals surface area contributed by atoms with Gasteiger partial charge in [0.05, 0.1) is 0 Å². The highest BCUT2D eigenvalue weighted by Crippen LogP contribution is 2.14. The zero-order valence-corrected chi connectivity index (χ0v) is 8.15. The van der Waals surface area contributed by atoms with Gasteiger partial charge in [-0.25, -0.2) is 4.79 Å². The van der Waals surface area contributed by atoms with Crippen LogP contribution in [0.3, 0.4) is 0 Å². The Balaban J connectivity index is 3.75. The summed E-state index contributed by atoms with van der Waals surface area (Å²) in [7, 11) is 0. The van der Waals surface area contributed by atoms with E-state index in [4.69, 9.17) is 0 Å². The molecule has 14 heavy (non-hydrogen) atoms. The van der Waals surface area contributed by atoms with Crippen LogP contribution in [0.5, 0.6) is 0 Å². The summed E-state index contributed by atoms with van der Waals surface area (Å²) in [4.78, 5) is 10.8. The highest BCUT2D eigenvalue weighted by molar-refractivity contribution is 5.67. The van der Waals surface area contributed by atoms with Crippen molar-refractivity contribution in [3.8, 4) is 0 Å². The number of hydrogen-bond acceptors (Lipinski definition) is 2. The molecule has 0 heterocycles. The first-order valence-electron chi connectivity index (χ1n) is 4.39. The van der Waals surface area contributed by atoms with E-state index in [-0.39, 0.29) is 6.04 Å². The predicted molar refractivity (Wildman–Crippen MR) is 44.9 cm³/mol. The Bertz CT molecular complexity index is 178. The Labute approximate surface area is 80.6 Å². The molecule has 0 bridgehead atoms. The Morgan fingerprint density at radius 3 is 2.21 bits per heavy atom. The lowest BCUT2D eigenvalue weighted by Gasteiger charge is -2.15. The Kier molecular flexibility index (Phi) is 5.34. The van der Waals surface area contributed by atoms with Gasteiger partial charge in [-0.3, -0.25) is 0 Å². The number of alkyl halides is 3. The van der Waals surface area contributed by atoms with Gasteiger partial charge < -0.3 is 10.1 Å². The fraction of sp³-hybridized carbons (Fsp3) is 0.875. The van der Waals surface area contributed by atoms with Crippen LogP contribution in [0.2, 0.25) is 0 Å². The minimum Gasteiger partial charge on any atom is -0.440 e. The molecule has 0 fully saturated rings. The zero-order valence-electron chi connectivity index (χ0n) is 8.15. The quantitative estimate of drug-likeness (QED) is 0.779. The SMILES string of the molecule is CCC(CC)NC(=O)OCC(F)(F)F. The number of nitrogens with one attached hydrogen (secondary N) is 1. The van der Waals surface area contributed by atoms with Gasteiger partial charge in [0, 0.05) is 6.04 Å². The molecule has 0 atom stereocenters. The van der Waals surface area contributed by atoms with Crippen LogP contribution in [-0.2, 0) is 4.74 Å². The first-order chi connectivity index (χ1) is 6.39. The van der Waals surface area contributed by atoms with Crippen molar-refractivity contribution >= 4 is 6.09 Å². The average molecular weight is 213 g/mol. The maximum atomic E-state index is 11.6. The summed E-state index contributed by atoms with van der Waals surface area (Å²) in [6.07, 6.45) is -4.16. The second-order valence-corrected chi connectivity index (χ2v) is 2.85. The standard InChI is InChI=1S/C8H14F3NO2/c1-3-6(4-2)12-7(13)14-5-8(9,10)11/h6H,3-5H2,1-2H3,(H,12,13). The normalized spacial score (nSPS) is 11.6. The van der Waals surface area contributed by atoms with E-state index in [1.807, 2.05) is 13.8 Å². The summed E-state index contributed by atoms with van der Waals surface area (Å²) in [5, 5.41) is 2.33. The molecule has 0 radical (unpaired) electrons. The molecule has 3 nitrogen and oxygen atoms in total. The Morgan fingerprint density at radius 2 is 1.86 bits per heavy atom. The van der Waals surface area contributed by atoms with Crippen molar-refractivity contribution in [3.63, 3.8) is 0 Å². The molecule has 0 saturated carbocycles. The molecule has 0 aromatic heterocycles. The van der Waals surface area contributed by atoms with Gasteiger partial charge in [-0.2, -0.15) is 13.2 Å². The summed E-state index contributed by atoms with van der Waals surface area (Å²) >= 11 is 0. The third-order valence-electron chi connectivity index (χ3n) is 1.67. The lowest BCUT2D eigenvalue weighted by molar-refractivity contribution is -0.160. The maximum Gasteiger partial charge on any atom is 0.422 e. The molecule has 6 heteroatoms. The van der Waals surface area contributed by atoms with Crippen molar-refractivity contribution < 1.29 is 22.7 Å². The van der Waals surface area contributed by atoms with E-state index in [2.05, 4.69) is 10.1 Å². The minimum atomic E-state index is -4.47. The molecule has 0 aromatic rings. The van der Waals surface area contributed by atoms with Crippen molar-refractivity contribution in [2.75, 3.05) is 6.61 Å². The molecule has 0 saturated heterocycles. The number of amides is 1. The van der Waals surface area contributed by atoms with Gasteiger partial charge in [-0.15, -0.1) is 0 Å². The van der Waals surface area contributed by atoms with E-state index in [0.29, 0.717) is 12.8 Å². The number of halogens is 3. The number of ether oxygens (including phenoxy) is 1. The molecule has 1 N–H and O–H groups in total. The topological polar surface area (TPSA) is 38.3 Å². The molecule has 0 aliphatic carbocycles. The average Bonchev–Trinajstić information content (AvgIpc) is 2.09. The van der Waals surface area contributed by atoms with Crippen LogP contribution >= 0.6 is 0 Å². The van der Waals surface area contributed by atoms with Crippen LogP contribution in [0.15, 0.2) is 0 Å². The first-order valence-corrected chi connectivity index (χ1v) is 4.39. The molecule has 0 unspecified atom stereocenters. The summed E-state index contributed by atoms with van der Waals surface area (Å²) in [5.41, 5.74) is 0. The summed E-state index contributed by atoms with van der Waals surface area (Å²) in [6.45, 7) is 2.12. The fourth-order valence-corrected chi connectivity index (χ4v) is 0.849. The zero-order chi connectivity index (χ0) is 11.2. The first kappa shape index (κ1) is 13.1. The number of alkyl carbamates (subject to hydrolysis) is 1. The van der Waals surface area contributed by atoms with Crippen LogP contribution in [0.25, 0.3) is 0 Å². The van der Waals surface area contributed by atoms with Crippen molar-refractivity contribution in [2.24, 2.45) is 0 Å². The number of hydrogen-bond donors (Lipinski definition) is 1. The molecule has 1 amide bonds. The molecule has 0 rings (SSSR count).